The summed E-state index contributed by atoms with van der Waals surface area (Å²) < 4.78 is 5.57. The van der Waals surface area contributed by atoms with E-state index in [-0.39, 0.29) is 23.4 Å². The Morgan fingerprint density at radius 3 is 2.68 bits per heavy atom. The summed E-state index contributed by atoms with van der Waals surface area (Å²) >= 11 is 0. The highest BCUT2D eigenvalue weighted by atomic mass is 16.5. The van der Waals surface area contributed by atoms with Crippen molar-refractivity contribution in [2.75, 3.05) is 13.7 Å². The van der Waals surface area contributed by atoms with E-state index >= 15 is 0 Å². The number of nitrogens with zero attached hydrogens (tertiary/aromatic N) is 1. The lowest BCUT2D eigenvalue weighted by Crippen LogP contribution is -2.45. The van der Waals surface area contributed by atoms with Gasteiger partial charge in [0.25, 0.3) is 0 Å². The third-order valence-electron chi connectivity index (χ3n) is 7.48. The maximum atomic E-state index is 13.4. The molecule has 3 aromatic rings. The van der Waals surface area contributed by atoms with Crippen LogP contribution in [0.5, 0.6) is 5.75 Å². The molecule has 1 N–H and O–H groups in total. The molecule has 2 aliphatic rings. The van der Waals surface area contributed by atoms with Crippen LogP contribution in [0.1, 0.15) is 55.7 Å². The average Bonchev–Trinajstić information content (AvgIpc) is 3.50. The third kappa shape index (κ3) is 4.52. The minimum absolute atomic E-state index is 0.0539. The van der Waals surface area contributed by atoms with Crippen LogP contribution in [0, 0.1) is 0 Å². The molecule has 2 atom stereocenters. The fourth-order valence-electron chi connectivity index (χ4n) is 5.74. The lowest BCUT2D eigenvalue weighted by molar-refractivity contribution is -0.132. The number of hydrogen-bond donors (Lipinski definition) is 1. The molecule has 3 aromatic carbocycles. The number of methoxy groups -OCH3 is 1. The van der Waals surface area contributed by atoms with Gasteiger partial charge in [-0.1, -0.05) is 60.7 Å². The maximum absolute atomic E-state index is 13.4. The van der Waals surface area contributed by atoms with Crippen molar-refractivity contribution in [2.45, 2.75) is 56.5 Å². The molecule has 2 saturated heterocycles. The second-order valence-electron chi connectivity index (χ2n) is 9.67. The lowest BCUT2D eigenvalue weighted by Gasteiger charge is -2.31. The number of likely N-dealkylation sites (tertiary alicyclic amines) is 1. The Morgan fingerprint density at radius 2 is 1.88 bits per heavy atom. The molecule has 2 heterocycles. The minimum Gasteiger partial charge on any atom is -0.496 e. The van der Waals surface area contributed by atoms with E-state index in [9.17, 15) is 9.59 Å². The van der Waals surface area contributed by atoms with Gasteiger partial charge in [0.15, 0.2) is 0 Å². The number of rotatable bonds is 7. The molecular weight excluding hydrogens is 424 g/mol. The molecule has 0 bridgehead atoms. The predicted molar refractivity (Wildman–Crippen MR) is 134 cm³/mol. The van der Waals surface area contributed by atoms with Crippen molar-refractivity contribution in [3.63, 3.8) is 0 Å². The van der Waals surface area contributed by atoms with Gasteiger partial charge < -0.3 is 15.0 Å². The molecule has 176 valence electrons. The van der Waals surface area contributed by atoms with E-state index in [4.69, 9.17) is 4.74 Å². The molecule has 0 spiro atoms. The average molecular weight is 457 g/mol. The molecule has 34 heavy (non-hydrogen) atoms. The van der Waals surface area contributed by atoms with Crippen molar-refractivity contribution < 1.29 is 14.3 Å². The molecule has 0 unspecified atom stereocenters. The zero-order chi connectivity index (χ0) is 23.5. The third-order valence-corrected chi connectivity index (χ3v) is 7.48. The largest absolute Gasteiger partial charge is 0.496 e. The summed E-state index contributed by atoms with van der Waals surface area (Å²) in [4.78, 5) is 27.7. The number of hydrogen-bond acceptors (Lipinski definition) is 3. The van der Waals surface area contributed by atoms with Crippen LogP contribution in [0.4, 0.5) is 0 Å². The van der Waals surface area contributed by atoms with E-state index in [2.05, 4.69) is 41.7 Å². The Bertz CT molecular complexity index is 1210. The molecule has 2 aliphatic heterocycles. The van der Waals surface area contributed by atoms with Crippen molar-refractivity contribution >= 4 is 22.6 Å². The highest BCUT2D eigenvalue weighted by Gasteiger charge is 2.39. The van der Waals surface area contributed by atoms with E-state index in [1.807, 2.05) is 35.2 Å². The molecular formula is C29H32N2O3. The molecule has 0 aromatic heterocycles. The Kier molecular flexibility index (Phi) is 6.27. The predicted octanol–water partition coefficient (Wildman–Crippen LogP) is 5.18. The van der Waals surface area contributed by atoms with Gasteiger partial charge in [-0.3, -0.25) is 9.59 Å². The summed E-state index contributed by atoms with van der Waals surface area (Å²) in [5.74, 6) is 1.08. The van der Waals surface area contributed by atoms with Crippen molar-refractivity contribution in [1.82, 2.24) is 10.2 Å². The zero-order valence-electron chi connectivity index (χ0n) is 19.8. The first-order valence-corrected chi connectivity index (χ1v) is 12.3. The molecule has 0 radical (unpaired) electrons. The highest BCUT2D eigenvalue weighted by Crippen LogP contribution is 2.38. The number of nitrogens with one attached hydrogen (secondary N) is 1. The van der Waals surface area contributed by atoms with Gasteiger partial charge >= 0.3 is 0 Å². The van der Waals surface area contributed by atoms with E-state index < -0.39 is 0 Å². The molecule has 0 aliphatic carbocycles. The molecule has 2 amide bonds. The molecule has 5 heteroatoms. The van der Waals surface area contributed by atoms with Crippen LogP contribution >= 0.6 is 0 Å². The maximum Gasteiger partial charge on any atom is 0.223 e. The van der Waals surface area contributed by atoms with Crippen molar-refractivity contribution in [2.24, 2.45) is 0 Å². The standard InChI is InChI=1S/C29H32N2O3/c1-34-26-11-5-4-9-24(26)25-10-6-18-31(25)28(33)15-17-29(16-14-27(32)30-29)20-21-12-13-22-7-2-3-8-23(22)19-21/h2-5,7-9,11-13,19,25H,6,10,14-18,20H2,1H3,(H,30,32)/t25-,29-/m1/s1. The number of ether oxygens (including phenoxy) is 1. The molecule has 0 saturated carbocycles. The Morgan fingerprint density at radius 1 is 1.09 bits per heavy atom. The summed E-state index contributed by atoms with van der Waals surface area (Å²) in [7, 11) is 1.68. The fourth-order valence-corrected chi connectivity index (χ4v) is 5.74. The summed E-state index contributed by atoms with van der Waals surface area (Å²) in [6.07, 6.45) is 5.06. The number of carbonyl (C=O) groups is 2. The van der Waals surface area contributed by atoms with Crippen LogP contribution in [0.3, 0.4) is 0 Å². The van der Waals surface area contributed by atoms with Gasteiger partial charge in [0.1, 0.15) is 5.75 Å². The normalized spacial score (nSPS) is 22.2. The van der Waals surface area contributed by atoms with Gasteiger partial charge in [-0.15, -0.1) is 0 Å². The molecule has 5 rings (SSSR count). The number of para-hydroxylation sites is 1. The van der Waals surface area contributed by atoms with Gasteiger partial charge in [0.2, 0.25) is 11.8 Å². The number of fused-ring (bicyclic) bond motifs is 1. The topological polar surface area (TPSA) is 58.6 Å². The van der Waals surface area contributed by atoms with E-state index in [0.29, 0.717) is 19.3 Å². The summed E-state index contributed by atoms with van der Waals surface area (Å²) in [6, 6.07) is 22.9. The Labute approximate surface area is 201 Å². The van der Waals surface area contributed by atoms with Gasteiger partial charge in [-0.25, -0.2) is 0 Å². The monoisotopic (exact) mass is 456 g/mol. The number of amides is 2. The first-order chi connectivity index (χ1) is 16.6. The Hall–Kier alpha value is -3.34. The highest BCUT2D eigenvalue weighted by molar-refractivity contribution is 5.83. The minimum atomic E-state index is -0.366. The van der Waals surface area contributed by atoms with Crippen LogP contribution in [0.2, 0.25) is 0 Å². The Balaban J connectivity index is 1.31. The van der Waals surface area contributed by atoms with E-state index in [1.165, 1.54) is 16.3 Å². The van der Waals surface area contributed by atoms with Crippen LogP contribution in [-0.4, -0.2) is 35.9 Å². The SMILES string of the molecule is COc1ccccc1[C@H]1CCCN1C(=O)CC[C@@]1(Cc2ccc3ccccc3c2)CCC(=O)N1. The van der Waals surface area contributed by atoms with E-state index in [1.54, 1.807) is 7.11 Å². The van der Waals surface area contributed by atoms with Crippen LogP contribution < -0.4 is 10.1 Å². The second kappa shape index (κ2) is 9.49. The van der Waals surface area contributed by atoms with Crippen molar-refractivity contribution in [1.29, 1.82) is 0 Å². The number of carbonyl (C=O) groups excluding carboxylic acids is 2. The van der Waals surface area contributed by atoms with Gasteiger partial charge in [-0.2, -0.15) is 0 Å². The summed E-state index contributed by atoms with van der Waals surface area (Å²) in [5, 5.41) is 5.65. The van der Waals surface area contributed by atoms with Crippen molar-refractivity contribution in [3.05, 3.63) is 77.9 Å². The van der Waals surface area contributed by atoms with Crippen LogP contribution in [0.25, 0.3) is 10.8 Å². The van der Waals surface area contributed by atoms with Crippen LogP contribution in [0.15, 0.2) is 66.7 Å². The van der Waals surface area contributed by atoms with Gasteiger partial charge in [-0.05, 0) is 54.5 Å². The van der Waals surface area contributed by atoms with Crippen molar-refractivity contribution in [3.8, 4) is 5.75 Å². The number of benzene rings is 3. The lowest BCUT2D eigenvalue weighted by atomic mass is 9.84. The molecule has 5 nitrogen and oxygen atoms in total. The summed E-state index contributed by atoms with van der Waals surface area (Å²) in [5.41, 5.74) is 1.91. The van der Waals surface area contributed by atoms with Gasteiger partial charge in [0.05, 0.1) is 13.2 Å². The zero-order valence-corrected chi connectivity index (χ0v) is 19.8. The smallest absolute Gasteiger partial charge is 0.223 e. The first kappa shape index (κ1) is 22.5. The first-order valence-electron chi connectivity index (χ1n) is 12.3. The summed E-state index contributed by atoms with van der Waals surface area (Å²) in [6.45, 7) is 0.769. The van der Waals surface area contributed by atoms with E-state index in [0.717, 1.165) is 43.5 Å². The van der Waals surface area contributed by atoms with Gasteiger partial charge in [0, 0.05) is 30.5 Å². The second-order valence-corrected chi connectivity index (χ2v) is 9.67. The fraction of sp³-hybridized carbons (Fsp3) is 0.379. The quantitative estimate of drug-likeness (QED) is 0.533. The van der Waals surface area contributed by atoms with Crippen LogP contribution in [-0.2, 0) is 16.0 Å². The molecule has 2 fully saturated rings.